The summed E-state index contributed by atoms with van der Waals surface area (Å²) >= 11 is 0. The van der Waals surface area contributed by atoms with Gasteiger partial charge in [-0.1, -0.05) is 26.8 Å². The van der Waals surface area contributed by atoms with Gasteiger partial charge in [0.1, 0.15) is 5.82 Å². The maximum atomic E-state index is 4.43. The minimum atomic E-state index is 0.331. The van der Waals surface area contributed by atoms with E-state index in [0.29, 0.717) is 17.5 Å². The molecule has 1 aliphatic heterocycles. The minimum Gasteiger partial charge on any atom is -0.357 e. The maximum Gasteiger partial charge on any atom is 0.128 e. The molecule has 0 saturated carbocycles. The normalized spacial score (nSPS) is 19.5. The van der Waals surface area contributed by atoms with Crippen LogP contribution in [0.1, 0.15) is 40.5 Å². The van der Waals surface area contributed by atoms with Crippen LogP contribution in [0, 0.1) is 5.41 Å². The molecular weight excluding hydrogens is 234 g/mol. The van der Waals surface area contributed by atoms with Gasteiger partial charge in [-0.3, -0.25) is 0 Å². The van der Waals surface area contributed by atoms with Crippen LogP contribution in [0.25, 0.3) is 0 Å². The van der Waals surface area contributed by atoms with Crippen LogP contribution < -0.4 is 10.2 Å². The SMILES string of the molecule is CC(NC1CCN(c2ccccn2)CC1)C(C)(C)C. The van der Waals surface area contributed by atoms with Crippen molar-refractivity contribution in [2.75, 3.05) is 18.0 Å². The predicted octanol–water partition coefficient (Wildman–Crippen LogP) is 3.07. The van der Waals surface area contributed by atoms with Gasteiger partial charge in [0.25, 0.3) is 0 Å². The van der Waals surface area contributed by atoms with E-state index in [1.165, 1.54) is 12.8 Å². The number of nitrogens with one attached hydrogen (secondary N) is 1. The van der Waals surface area contributed by atoms with Crippen LogP contribution in [0.3, 0.4) is 0 Å². The van der Waals surface area contributed by atoms with Crippen molar-refractivity contribution in [2.45, 2.75) is 52.6 Å². The van der Waals surface area contributed by atoms with Crippen LogP contribution in [0.5, 0.6) is 0 Å². The van der Waals surface area contributed by atoms with E-state index in [2.05, 4.69) is 55.0 Å². The number of pyridine rings is 1. The third-order valence-corrected chi connectivity index (χ3v) is 4.25. The number of nitrogens with zero attached hydrogens (tertiary/aromatic N) is 2. The first-order valence-corrected chi connectivity index (χ1v) is 7.39. The Morgan fingerprint density at radius 3 is 2.47 bits per heavy atom. The molecule has 0 radical (unpaired) electrons. The monoisotopic (exact) mass is 261 g/mol. The van der Waals surface area contributed by atoms with Crippen molar-refractivity contribution in [1.29, 1.82) is 0 Å². The molecule has 1 aromatic heterocycles. The summed E-state index contributed by atoms with van der Waals surface area (Å²) in [5, 5.41) is 3.78. The van der Waals surface area contributed by atoms with Gasteiger partial charge in [0.05, 0.1) is 0 Å². The van der Waals surface area contributed by atoms with Crippen molar-refractivity contribution in [2.24, 2.45) is 5.41 Å². The molecule has 19 heavy (non-hydrogen) atoms. The van der Waals surface area contributed by atoms with Gasteiger partial charge in [-0.25, -0.2) is 4.98 Å². The Morgan fingerprint density at radius 2 is 1.95 bits per heavy atom. The van der Waals surface area contributed by atoms with Gasteiger partial charge in [-0.15, -0.1) is 0 Å². The highest BCUT2D eigenvalue weighted by Crippen LogP contribution is 2.22. The molecular formula is C16H27N3. The molecule has 0 amide bonds. The summed E-state index contributed by atoms with van der Waals surface area (Å²) in [6.45, 7) is 11.4. The molecule has 3 nitrogen and oxygen atoms in total. The average Bonchev–Trinajstić information content (AvgIpc) is 2.39. The average molecular weight is 261 g/mol. The Morgan fingerprint density at radius 1 is 1.26 bits per heavy atom. The Bertz CT molecular complexity index is 375. The van der Waals surface area contributed by atoms with Gasteiger partial charge < -0.3 is 10.2 Å². The highest BCUT2D eigenvalue weighted by molar-refractivity contribution is 5.38. The van der Waals surface area contributed by atoms with Gasteiger partial charge in [-0.2, -0.15) is 0 Å². The highest BCUT2D eigenvalue weighted by atomic mass is 15.2. The Hall–Kier alpha value is -1.09. The predicted molar refractivity (Wildman–Crippen MR) is 81.5 cm³/mol. The first-order chi connectivity index (χ1) is 8.97. The molecule has 3 heteroatoms. The molecule has 1 unspecified atom stereocenters. The van der Waals surface area contributed by atoms with Crippen molar-refractivity contribution in [1.82, 2.24) is 10.3 Å². The van der Waals surface area contributed by atoms with E-state index in [4.69, 9.17) is 0 Å². The molecule has 0 spiro atoms. The van der Waals surface area contributed by atoms with E-state index in [0.717, 1.165) is 18.9 Å². The summed E-state index contributed by atoms with van der Waals surface area (Å²) in [6, 6.07) is 7.34. The zero-order valence-corrected chi connectivity index (χ0v) is 12.7. The molecule has 0 aliphatic carbocycles. The highest BCUT2D eigenvalue weighted by Gasteiger charge is 2.25. The van der Waals surface area contributed by atoms with Crippen LogP contribution in [0.2, 0.25) is 0 Å². The number of hydrogen-bond donors (Lipinski definition) is 1. The Kier molecular flexibility index (Phi) is 4.46. The largest absolute Gasteiger partial charge is 0.357 e. The summed E-state index contributed by atoms with van der Waals surface area (Å²) in [5.74, 6) is 1.12. The van der Waals surface area contributed by atoms with Crippen molar-refractivity contribution < 1.29 is 0 Å². The summed E-state index contributed by atoms with van der Waals surface area (Å²) < 4.78 is 0. The molecule has 1 atom stereocenters. The smallest absolute Gasteiger partial charge is 0.128 e. The minimum absolute atomic E-state index is 0.331. The zero-order chi connectivity index (χ0) is 13.9. The van der Waals surface area contributed by atoms with Crippen molar-refractivity contribution >= 4 is 5.82 Å². The number of anilines is 1. The number of hydrogen-bond acceptors (Lipinski definition) is 3. The summed E-state index contributed by atoms with van der Waals surface area (Å²) in [4.78, 5) is 6.82. The Balaban J connectivity index is 1.83. The second-order valence-corrected chi connectivity index (χ2v) is 6.70. The fourth-order valence-electron chi connectivity index (χ4n) is 2.42. The van der Waals surface area contributed by atoms with Gasteiger partial charge in [0, 0.05) is 31.4 Å². The van der Waals surface area contributed by atoms with Gasteiger partial charge in [0.2, 0.25) is 0 Å². The third-order valence-electron chi connectivity index (χ3n) is 4.25. The van der Waals surface area contributed by atoms with Gasteiger partial charge in [-0.05, 0) is 37.3 Å². The quantitative estimate of drug-likeness (QED) is 0.906. The summed E-state index contributed by atoms with van der Waals surface area (Å²) in [5.41, 5.74) is 0.331. The van der Waals surface area contributed by atoms with Crippen LogP contribution in [-0.2, 0) is 0 Å². The fraction of sp³-hybridized carbons (Fsp3) is 0.688. The second-order valence-electron chi connectivity index (χ2n) is 6.70. The standard InChI is InChI=1S/C16H27N3/c1-13(16(2,3)4)18-14-8-11-19(12-9-14)15-7-5-6-10-17-15/h5-7,10,13-14,18H,8-9,11-12H2,1-4H3. The van der Waals surface area contributed by atoms with E-state index < -0.39 is 0 Å². The number of aromatic nitrogens is 1. The van der Waals surface area contributed by atoms with E-state index >= 15 is 0 Å². The lowest BCUT2D eigenvalue weighted by Gasteiger charge is -2.37. The van der Waals surface area contributed by atoms with Gasteiger partial charge in [0.15, 0.2) is 0 Å². The number of rotatable bonds is 3. The van der Waals surface area contributed by atoms with Crippen molar-refractivity contribution in [3.8, 4) is 0 Å². The fourth-order valence-corrected chi connectivity index (χ4v) is 2.42. The van der Waals surface area contributed by atoms with Crippen LogP contribution in [0.4, 0.5) is 5.82 Å². The van der Waals surface area contributed by atoms with Crippen LogP contribution >= 0.6 is 0 Å². The second kappa shape index (κ2) is 5.91. The molecule has 0 bridgehead atoms. The molecule has 1 N–H and O–H groups in total. The summed E-state index contributed by atoms with van der Waals surface area (Å²) in [7, 11) is 0. The van der Waals surface area contributed by atoms with Crippen LogP contribution in [0.15, 0.2) is 24.4 Å². The lowest BCUT2D eigenvalue weighted by Crippen LogP contribution is -2.49. The third kappa shape index (κ3) is 3.93. The molecule has 1 aromatic rings. The van der Waals surface area contributed by atoms with E-state index in [1.807, 2.05) is 12.3 Å². The first-order valence-electron chi connectivity index (χ1n) is 7.39. The van der Waals surface area contributed by atoms with Crippen molar-refractivity contribution in [3.63, 3.8) is 0 Å². The van der Waals surface area contributed by atoms with Crippen LogP contribution in [-0.4, -0.2) is 30.2 Å². The molecule has 2 rings (SSSR count). The zero-order valence-electron chi connectivity index (χ0n) is 12.7. The van der Waals surface area contributed by atoms with Gasteiger partial charge >= 0.3 is 0 Å². The number of piperidine rings is 1. The lowest BCUT2D eigenvalue weighted by atomic mass is 9.87. The summed E-state index contributed by atoms with van der Waals surface area (Å²) in [6.07, 6.45) is 4.29. The van der Waals surface area contributed by atoms with E-state index in [1.54, 1.807) is 0 Å². The molecule has 1 aliphatic rings. The molecule has 0 aromatic carbocycles. The lowest BCUT2D eigenvalue weighted by molar-refractivity contribution is 0.247. The molecule has 106 valence electrons. The molecule has 2 heterocycles. The molecule has 1 fully saturated rings. The van der Waals surface area contributed by atoms with E-state index in [9.17, 15) is 0 Å². The Labute approximate surface area is 117 Å². The molecule has 1 saturated heterocycles. The van der Waals surface area contributed by atoms with E-state index in [-0.39, 0.29) is 0 Å². The maximum absolute atomic E-state index is 4.43. The first kappa shape index (κ1) is 14.3. The van der Waals surface area contributed by atoms with Crippen molar-refractivity contribution in [3.05, 3.63) is 24.4 Å². The topological polar surface area (TPSA) is 28.2 Å².